The minimum atomic E-state index is -0.0468. The molecule has 1 aliphatic heterocycles. The van der Waals surface area contributed by atoms with E-state index in [0.29, 0.717) is 11.6 Å². The summed E-state index contributed by atoms with van der Waals surface area (Å²) in [6.45, 7) is 3.75. The van der Waals surface area contributed by atoms with E-state index in [1.165, 1.54) is 0 Å². The highest BCUT2D eigenvalue weighted by Crippen LogP contribution is 2.31. The van der Waals surface area contributed by atoms with Gasteiger partial charge < -0.3 is 15.8 Å². The molecule has 1 saturated heterocycles. The van der Waals surface area contributed by atoms with E-state index in [1.54, 1.807) is 11.8 Å². The average Bonchev–Trinajstić information content (AvgIpc) is 2.38. The molecule has 19 heavy (non-hydrogen) atoms. The Kier molecular flexibility index (Phi) is 4.71. The van der Waals surface area contributed by atoms with Crippen LogP contribution in [0.25, 0.3) is 0 Å². The van der Waals surface area contributed by atoms with E-state index in [-0.39, 0.29) is 5.54 Å². The maximum absolute atomic E-state index is 5.89. The van der Waals surface area contributed by atoms with Crippen molar-refractivity contribution < 1.29 is 4.74 Å². The fraction of sp³-hybridized carbons (Fsp3) is 0.500. The molecule has 0 aromatic heterocycles. The van der Waals surface area contributed by atoms with Crippen molar-refractivity contribution in [3.63, 3.8) is 0 Å². The summed E-state index contributed by atoms with van der Waals surface area (Å²) in [7, 11) is 0. The first-order valence-electron chi connectivity index (χ1n) is 6.38. The summed E-state index contributed by atoms with van der Waals surface area (Å²) in [5.74, 6) is 0. The van der Waals surface area contributed by atoms with Crippen molar-refractivity contribution in [1.82, 2.24) is 0 Å². The first kappa shape index (κ1) is 14.6. The smallest absolute Gasteiger partial charge is 0.107 e. The molecule has 0 bridgehead atoms. The van der Waals surface area contributed by atoms with Crippen molar-refractivity contribution in [2.75, 3.05) is 24.8 Å². The van der Waals surface area contributed by atoms with E-state index in [9.17, 15) is 0 Å². The van der Waals surface area contributed by atoms with Crippen molar-refractivity contribution in [2.24, 2.45) is 5.73 Å². The second-order valence-corrected chi connectivity index (χ2v) is 6.38. The fourth-order valence-corrected chi connectivity index (χ4v) is 3.34. The maximum atomic E-state index is 5.89. The minimum absolute atomic E-state index is 0.0468. The molecule has 3 N–H and O–H groups in total. The van der Waals surface area contributed by atoms with Crippen LogP contribution in [-0.2, 0) is 4.74 Å². The van der Waals surface area contributed by atoms with Gasteiger partial charge in [0.25, 0.3) is 0 Å². The summed E-state index contributed by atoms with van der Waals surface area (Å²) >= 11 is 6.86. The number of nitrogens with one attached hydrogen (secondary N) is 1. The Morgan fingerprint density at radius 1 is 1.53 bits per heavy atom. The lowest BCUT2D eigenvalue weighted by Gasteiger charge is -2.36. The van der Waals surface area contributed by atoms with Crippen molar-refractivity contribution >= 4 is 34.7 Å². The van der Waals surface area contributed by atoms with Gasteiger partial charge in [-0.3, -0.25) is 0 Å². The first-order valence-corrected chi connectivity index (χ1v) is 8.02. The van der Waals surface area contributed by atoms with Crippen molar-refractivity contribution in [3.8, 4) is 0 Å². The normalized spacial score (nSPS) is 23.1. The number of hydrogen-bond donors (Lipinski definition) is 2. The predicted octanol–water partition coefficient (Wildman–Crippen LogP) is 3.02. The Labute approximate surface area is 124 Å². The number of rotatable bonds is 4. The molecule has 1 unspecified atom stereocenters. The summed E-state index contributed by atoms with van der Waals surface area (Å²) in [4.78, 5) is 1.55. The number of nitrogens with two attached hydrogens (primary N) is 1. The standard InChI is InChI=1S/C14H20N2OS2/c1-14(7-4-8-17-9-14)16-10-5-3-6-11(19-2)12(10)13(15)18/h3,5-6,16H,4,7-9H2,1-2H3,(H2,15,18). The van der Waals surface area contributed by atoms with Crippen LogP contribution in [0.15, 0.2) is 23.1 Å². The molecule has 1 fully saturated rings. The van der Waals surface area contributed by atoms with Crippen LogP contribution in [0.2, 0.25) is 0 Å². The number of anilines is 1. The zero-order chi connectivity index (χ0) is 13.9. The molecule has 5 heteroatoms. The van der Waals surface area contributed by atoms with Gasteiger partial charge in [-0.2, -0.15) is 0 Å². The number of hydrogen-bond acceptors (Lipinski definition) is 4. The average molecular weight is 296 g/mol. The maximum Gasteiger partial charge on any atom is 0.107 e. The van der Waals surface area contributed by atoms with E-state index >= 15 is 0 Å². The summed E-state index contributed by atoms with van der Waals surface area (Å²) in [5, 5.41) is 3.58. The summed E-state index contributed by atoms with van der Waals surface area (Å²) in [6, 6.07) is 6.11. The Balaban J connectivity index is 2.31. The van der Waals surface area contributed by atoms with Gasteiger partial charge in [-0.25, -0.2) is 0 Å². The fourth-order valence-electron chi connectivity index (χ4n) is 2.42. The molecular formula is C14H20N2OS2. The quantitative estimate of drug-likeness (QED) is 0.660. The Hall–Kier alpha value is -0.780. The van der Waals surface area contributed by atoms with Gasteiger partial charge >= 0.3 is 0 Å². The second kappa shape index (κ2) is 6.11. The van der Waals surface area contributed by atoms with E-state index in [2.05, 4.69) is 12.2 Å². The SMILES string of the molecule is CSc1cccc(NC2(C)CCCOC2)c1C(N)=S. The lowest BCUT2D eigenvalue weighted by Crippen LogP contribution is -2.43. The highest BCUT2D eigenvalue weighted by Gasteiger charge is 2.28. The number of ether oxygens (including phenoxy) is 1. The van der Waals surface area contributed by atoms with E-state index < -0.39 is 0 Å². The summed E-state index contributed by atoms with van der Waals surface area (Å²) in [6.07, 6.45) is 4.20. The largest absolute Gasteiger partial charge is 0.389 e. The van der Waals surface area contributed by atoms with E-state index in [0.717, 1.165) is 35.6 Å². The van der Waals surface area contributed by atoms with E-state index in [1.807, 2.05) is 24.5 Å². The lowest BCUT2D eigenvalue weighted by molar-refractivity contribution is 0.0540. The van der Waals surface area contributed by atoms with Gasteiger partial charge in [-0.05, 0) is 38.2 Å². The van der Waals surface area contributed by atoms with Crippen molar-refractivity contribution in [3.05, 3.63) is 23.8 Å². The van der Waals surface area contributed by atoms with Crippen molar-refractivity contribution in [1.29, 1.82) is 0 Å². The van der Waals surface area contributed by atoms with Crippen LogP contribution >= 0.6 is 24.0 Å². The third kappa shape index (κ3) is 3.41. The number of thiocarbonyl (C=S) groups is 1. The number of thioether (sulfide) groups is 1. The Morgan fingerprint density at radius 3 is 2.89 bits per heavy atom. The summed E-state index contributed by atoms with van der Waals surface area (Å²) in [5.41, 5.74) is 7.79. The molecule has 1 aromatic rings. The van der Waals surface area contributed by atoms with Gasteiger partial charge in [0, 0.05) is 22.8 Å². The zero-order valence-corrected chi connectivity index (χ0v) is 13.0. The van der Waals surface area contributed by atoms with E-state index in [4.69, 9.17) is 22.7 Å². The second-order valence-electron chi connectivity index (χ2n) is 5.09. The van der Waals surface area contributed by atoms with Crippen LogP contribution in [0.1, 0.15) is 25.3 Å². The van der Waals surface area contributed by atoms with Gasteiger partial charge in [0.2, 0.25) is 0 Å². The van der Waals surface area contributed by atoms with Crippen LogP contribution < -0.4 is 11.1 Å². The topological polar surface area (TPSA) is 47.3 Å². The first-order chi connectivity index (χ1) is 9.06. The lowest BCUT2D eigenvalue weighted by atomic mass is 9.94. The zero-order valence-electron chi connectivity index (χ0n) is 11.4. The minimum Gasteiger partial charge on any atom is -0.389 e. The number of benzene rings is 1. The van der Waals surface area contributed by atoms with Gasteiger partial charge in [0.05, 0.1) is 12.1 Å². The molecule has 2 rings (SSSR count). The molecule has 3 nitrogen and oxygen atoms in total. The monoisotopic (exact) mass is 296 g/mol. The molecule has 1 atom stereocenters. The highest BCUT2D eigenvalue weighted by atomic mass is 32.2. The molecule has 1 aromatic carbocycles. The van der Waals surface area contributed by atoms with Crippen LogP contribution in [0.4, 0.5) is 5.69 Å². The van der Waals surface area contributed by atoms with Gasteiger partial charge in [-0.15, -0.1) is 11.8 Å². The summed E-state index contributed by atoms with van der Waals surface area (Å²) < 4.78 is 5.58. The molecule has 0 saturated carbocycles. The molecule has 1 aliphatic rings. The van der Waals surface area contributed by atoms with Gasteiger partial charge in [0.1, 0.15) is 4.99 Å². The van der Waals surface area contributed by atoms with Crippen LogP contribution in [0.3, 0.4) is 0 Å². The molecular weight excluding hydrogens is 276 g/mol. The van der Waals surface area contributed by atoms with Crippen LogP contribution in [0.5, 0.6) is 0 Å². The van der Waals surface area contributed by atoms with Gasteiger partial charge in [0.15, 0.2) is 0 Å². The third-order valence-electron chi connectivity index (χ3n) is 3.37. The molecule has 0 radical (unpaired) electrons. The molecule has 104 valence electrons. The van der Waals surface area contributed by atoms with Crippen molar-refractivity contribution in [2.45, 2.75) is 30.2 Å². The highest BCUT2D eigenvalue weighted by molar-refractivity contribution is 7.98. The predicted molar refractivity (Wildman–Crippen MR) is 86.2 cm³/mol. The van der Waals surface area contributed by atoms with Gasteiger partial charge in [-0.1, -0.05) is 18.3 Å². The molecule has 0 amide bonds. The molecule has 1 heterocycles. The van der Waals surface area contributed by atoms with Crippen LogP contribution in [-0.4, -0.2) is 30.0 Å². The molecule has 0 aliphatic carbocycles. The Morgan fingerprint density at radius 2 is 2.32 bits per heavy atom. The van der Waals surface area contributed by atoms with Crippen LogP contribution in [0, 0.1) is 0 Å². The third-order valence-corrected chi connectivity index (χ3v) is 4.35. The Bertz CT molecular complexity index is 471. The molecule has 0 spiro atoms.